The molecule has 0 unspecified atom stereocenters. The van der Waals surface area contributed by atoms with Crippen molar-refractivity contribution in [3.63, 3.8) is 0 Å². The highest BCUT2D eigenvalue weighted by Gasteiger charge is 2.29. The Bertz CT molecular complexity index is 576. The molecule has 0 radical (unpaired) electrons. The minimum absolute atomic E-state index is 0.0712. The van der Waals surface area contributed by atoms with E-state index in [1.165, 1.54) is 32.4 Å². The van der Waals surface area contributed by atoms with Crippen LogP contribution >= 0.6 is 0 Å². The molecule has 1 atom stereocenters. The molecule has 6 heteroatoms. The number of piperidine rings is 1. The van der Waals surface area contributed by atoms with Crippen LogP contribution < -0.4 is 5.32 Å². The summed E-state index contributed by atoms with van der Waals surface area (Å²) in [4.78, 5) is 17.2. The Kier molecular flexibility index (Phi) is 5.43. The second-order valence-electron chi connectivity index (χ2n) is 7.11. The molecule has 2 fully saturated rings. The van der Waals surface area contributed by atoms with Crippen LogP contribution in [-0.2, 0) is 13.1 Å². The number of aromatic nitrogens is 2. The van der Waals surface area contributed by atoms with Crippen LogP contribution in [0.2, 0.25) is 0 Å². The maximum absolute atomic E-state index is 12.6. The van der Waals surface area contributed by atoms with E-state index in [9.17, 15) is 4.79 Å². The fourth-order valence-electron chi connectivity index (χ4n) is 4.12. The predicted molar refractivity (Wildman–Crippen MR) is 95.0 cm³/mol. The van der Waals surface area contributed by atoms with Gasteiger partial charge in [-0.25, -0.2) is 4.79 Å². The van der Waals surface area contributed by atoms with E-state index in [4.69, 9.17) is 0 Å². The van der Waals surface area contributed by atoms with Crippen molar-refractivity contribution in [1.82, 2.24) is 24.9 Å². The molecule has 0 spiro atoms. The topological polar surface area (TPSA) is 53.4 Å². The van der Waals surface area contributed by atoms with Crippen molar-refractivity contribution in [3.05, 3.63) is 17.0 Å². The highest BCUT2D eigenvalue weighted by atomic mass is 16.2. The van der Waals surface area contributed by atoms with Crippen molar-refractivity contribution in [2.24, 2.45) is 0 Å². The summed E-state index contributed by atoms with van der Waals surface area (Å²) in [5, 5.41) is 7.64. The molecule has 0 saturated carbocycles. The van der Waals surface area contributed by atoms with Gasteiger partial charge in [0.05, 0.1) is 5.69 Å². The molecule has 3 rings (SSSR count). The fourth-order valence-corrected chi connectivity index (χ4v) is 4.12. The van der Waals surface area contributed by atoms with E-state index in [0.29, 0.717) is 12.6 Å². The van der Waals surface area contributed by atoms with E-state index in [0.717, 1.165) is 43.0 Å². The summed E-state index contributed by atoms with van der Waals surface area (Å²) in [6.07, 6.45) is 4.96. The number of hydrogen-bond donors (Lipinski definition) is 1. The van der Waals surface area contributed by atoms with Gasteiger partial charge in [-0.05, 0) is 59.5 Å². The monoisotopic (exact) mass is 333 g/mol. The number of urea groups is 1. The number of carbonyl (C=O) groups is 1. The number of hydrogen-bond acceptors (Lipinski definition) is 3. The van der Waals surface area contributed by atoms with Gasteiger partial charge < -0.3 is 10.2 Å². The summed E-state index contributed by atoms with van der Waals surface area (Å²) < 4.78 is 2.00. The maximum Gasteiger partial charge on any atom is 0.317 e. The molecule has 2 aliphatic heterocycles. The van der Waals surface area contributed by atoms with Crippen molar-refractivity contribution in [2.45, 2.75) is 65.6 Å². The molecule has 0 bridgehead atoms. The van der Waals surface area contributed by atoms with E-state index in [1.54, 1.807) is 0 Å². The van der Waals surface area contributed by atoms with Crippen LogP contribution in [0.15, 0.2) is 0 Å². The van der Waals surface area contributed by atoms with Crippen LogP contribution in [0.1, 0.15) is 49.6 Å². The molecule has 2 aliphatic rings. The van der Waals surface area contributed by atoms with Crippen LogP contribution in [0, 0.1) is 13.8 Å². The minimum atomic E-state index is 0.0712. The average Bonchev–Trinajstić information content (AvgIpc) is 3.22. The molecule has 134 valence electrons. The third kappa shape index (κ3) is 3.58. The number of aryl methyl sites for hydroxylation is 2. The second-order valence-corrected chi connectivity index (χ2v) is 7.11. The zero-order valence-corrected chi connectivity index (χ0v) is 15.3. The lowest BCUT2D eigenvalue weighted by molar-refractivity contribution is 0.125. The Hall–Kier alpha value is -1.56. The third-order valence-corrected chi connectivity index (χ3v) is 5.59. The molecule has 1 aromatic rings. The van der Waals surface area contributed by atoms with E-state index in [1.807, 2.05) is 16.5 Å². The van der Waals surface area contributed by atoms with E-state index >= 15 is 0 Å². The number of likely N-dealkylation sites (tertiary alicyclic amines) is 2. The molecule has 0 aromatic carbocycles. The van der Waals surface area contributed by atoms with E-state index in [-0.39, 0.29) is 6.03 Å². The van der Waals surface area contributed by atoms with Gasteiger partial charge in [0.1, 0.15) is 0 Å². The number of carbonyl (C=O) groups excluding carboxylic acids is 1. The Morgan fingerprint density at radius 1 is 1.21 bits per heavy atom. The molecular weight excluding hydrogens is 302 g/mol. The quantitative estimate of drug-likeness (QED) is 0.920. The van der Waals surface area contributed by atoms with E-state index in [2.05, 4.69) is 29.2 Å². The molecule has 2 amide bonds. The summed E-state index contributed by atoms with van der Waals surface area (Å²) in [6.45, 7) is 11.8. The van der Waals surface area contributed by atoms with Gasteiger partial charge in [0, 0.05) is 43.5 Å². The zero-order chi connectivity index (χ0) is 17.1. The van der Waals surface area contributed by atoms with Crippen LogP contribution in [-0.4, -0.2) is 57.8 Å². The average molecular weight is 333 g/mol. The summed E-state index contributed by atoms with van der Waals surface area (Å²) in [6, 6.07) is 0.625. The third-order valence-electron chi connectivity index (χ3n) is 5.59. The molecule has 0 aliphatic carbocycles. The summed E-state index contributed by atoms with van der Waals surface area (Å²) >= 11 is 0. The Morgan fingerprint density at radius 3 is 2.62 bits per heavy atom. The number of rotatable bonds is 4. The lowest BCUT2D eigenvalue weighted by Gasteiger charge is -2.37. The van der Waals surface area contributed by atoms with Crippen molar-refractivity contribution in [2.75, 3.05) is 26.2 Å². The van der Waals surface area contributed by atoms with Crippen molar-refractivity contribution >= 4 is 6.03 Å². The van der Waals surface area contributed by atoms with Crippen LogP contribution in [0.3, 0.4) is 0 Å². The van der Waals surface area contributed by atoms with Crippen LogP contribution in [0.5, 0.6) is 0 Å². The van der Waals surface area contributed by atoms with Gasteiger partial charge >= 0.3 is 6.03 Å². The molecule has 24 heavy (non-hydrogen) atoms. The molecular formula is C18H31N5O. The van der Waals surface area contributed by atoms with Gasteiger partial charge in [-0.2, -0.15) is 5.10 Å². The molecule has 6 nitrogen and oxygen atoms in total. The van der Waals surface area contributed by atoms with Crippen molar-refractivity contribution in [1.29, 1.82) is 0 Å². The Labute approximate surface area is 145 Å². The summed E-state index contributed by atoms with van der Waals surface area (Å²) in [7, 11) is 0. The van der Waals surface area contributed by atoms with Gasteiger partial charge in [-0.1, -0.05) is 0 Å². The first-order chi connectivity index (χ1) is 11.6. The first-order valence-corrected chi connectivity index (χ1v) is 9.39. The van der Waals surface area contributed by atoms with Gasteiger partial charge in [-0.3, -0.25) is 9.58 Å². The van der Waals surface area contributed by atoms with E-state index < -0.39 is 0 Å². The summed E-state index contributed by atoms with van der Waals surface area (Å²) in [5.41, 5.74) is 3.32. The minimum Gasteiger partial charge on any atom is -0.334 e. The second kappa shape index (κ2) is 7.55. The maximum atomic E-state index is 12.6. The number of nitrogens with one attached hydrogen (secondary N) is 1. The predicted octanol–water partition coefficient (Wildman–Crippen LogP) is 2.29. The first kappa shape index (κ1) is 17.3. The fraction of sp³-hybridized carbons (Fsp3) is 0.778. The molecule has 3 heterocycles. The van der Waals surface area contributed by atoms with Crippen molar-refractivity contribution in [3.8, 4) is 0 Å². The Morgan fingerprint density at radius 2 is 1.96 bits per heavy atom. The lowest BCUT2D eigenvalue weighted by Crippen LogP contribution is -2.51. The SMILES string of the molecule is CCn1nc(C)c(CNC(=O)N2CCC[C@@H](N3CCCC3)C2)c1C. The van der Waals surface area contributed by atoms with Gasteiger partial charge in [0.2, 0.25) is 0 Å². The van der Waals surface area contributed by atoms with Gasteiger partial charge in [0.15, 0.2) is 0 Å². The zero-order valence-electron chi connectivity index (χ0n) is 15.3. The molecule has 2 saturated heterocycles. The standard InChI is InChI=1S/C18H31N5O/c1-4-23-15(3)17(14(2)20-23)12-19-18(24)22-11-7-8-16(13-22)21-9-5-6-10-21/h16H,4-13H2,1-3H3,(H,19,24)/t16-/m1/s1. The van der Waals surface area contributed by atoms with Crippen LogP contribution in [0.4, 0.5) is 4.79 Å². The lowest BCUT2D eigenvalue weighted by atomic mass is 10.0. The van der Waals surface area contributed by atoms with Gasteiger partial charge in [0.25, 0.3) is 0 Å². The molecule has 1 aromatic heterocycles. The highest BCUT2D eigenvalue weighted by Crippen LogP contribution is 2.20. The first-order valence-electron chi connectivity index (χ1n) is 9.39. The number of amides is 2. The largest absolute Gasteiger partial charge is 0.334 e. The highest BCUT2D eigenvalue weighted by molar-refractivity contribution is 5.74. The smallest absolute Gasteiger partial charge is 0.317 e. The molecule has 1 N–H and O–H groups in total. The number of nitrogens with zero attached hydrogens (tertiary/aromatic N) is 4. The Balaban J connectivity index is 1.55. The van der Waals surface area contributed by atoms with Crippen molar-refractivity contribution < 1.29 is 4.79 Å². The van der Waals surface area contributed by atoms with Gasteiger partial charge in [-0.15, -0.1) is 0 Å². The summed E-state index contributed by atoms with van der Waals surface area (Å²) in [5.74, 6) is 0. The normalized spacial score (nSPS) is 22.1. The van der Waals surface area contributed by atoms with Crippen LogP contribution in [0.25, 0.3) is 0 Å².